The molecule has 1 aromatic carbocycles. The van der Waals surface area contributed by atoms with Crippen LogP contribution in [0, 0.1) is 0 Å². The SMILES string of the molecule is COCCNC1CCc2ccc(OC)cc2C1. The number of nitrogens with one attached hydrogen (secondary N) is 1. The first-order chi connectivity index (χ1) is 8.33. The molecule has 0 aromatic heterocycles. The van der Waals surface area contributed by atoms with E-state index in [9.17, 15) is 0 Å². The minimum absolute atomic E-state index is 0.574. The quantitative estimate of drug-likeness (QED) is 0.789. The maximum Gasteiger partial charge on any atom is 0.119 e. The molecule has 1 unspecified atom stereocenters. The number of benzene rings is 1. The van der Waals surface area contributed by atoms with Crippen molar-refractivity contribution in [1.29, 1.82) is 0 Å². The molecule has 0 bridgehead atoms. The molecule has 1 atom stereocenters. The number of fused-ring (bicyclic) bond motifs is 1. The molecule has 17 heavy (non-hydrogen) atoms. The summed E-state index contributed by atoms with van der Waals surface area (Å²) in [6, 6.07) is 6.99. The third kappa shape index (κ3) is 3.20. The number of aryl methyl sites for hydroxylation is 1. The molecule has 0 aliphatic heterocycles. The number of hydrogen-bond acceptors (Lipinski definition) is 3. The van der Waals surface area contributed by atoms with Gasteiger partial charge in [0.25, 0.3) is 0 Å². The first-order valence-corrected chi connectivity index (χ1v) is 6.21. The van der Waals surface area contributed by atoms with Crippen LogP contribution < -0.4 is 10.1 Å². The van der Waals surface area contributed by atoms with Crippen molar-refractivity contribution in [2.24, 2.45) is 0 Å². The van der Waals surface area contributed by atoms with Gasteiger partial charge in [-0.3, -0.25) is 0 Å². The summed E-state index contributed by atoms with van der Waals surface area (Å²) in [5, 5.41) is 3.54. The fraction of sp³-hybridized carbons (Fsp3) is 0.571. The maximum atomic E-state index is 5.27. The minimum atomic E-state index is 0.574. The monoisotopic (exact) mass is 235 g/mol. The van der Waals surface area contributed by atoms with Crippen molar-refractivity contribution in [1.82, 2.24) is 5.32 Å². The van der Waals surface area contributed by atoms with Gasteiger partial charge in [-0.15, -0.1) is 0 Å². The Morgan fingerprint density at radius 2 is 2.18 bits per heavy atom. The molecule has 0 heterocycles. The van der Waals surface area contributed by atoms with Gasteiger partial charge in [-0.05, 0) is 42.5 Å². The van der Waals surface area contributed by atoms with E-state index in [4.69, 9.17) is 9.47 Å². The van der Waals surface area contributed by atoms with Crippen LogP contribution in [-0.4, -0.2) is 33.4 Å². The average molecular weight is 235 g/mol. The van der Waals surface area contributed by atoms with Crippen LogP contribution in [0.25, 0.3) is 0 Å². The molecular weight excluding hydrogens is 214 g/mol. The predicted molar refractivity (Wildman–Crippen MR) is 68.7 cm³/mol. The third-order valence-corrected chi connectivity index (χ3v) is 3.38. The van der Waals surface area contributed by atoms with Crippen LogP contribution in [-0.2, 0) is 17.6 Å². The Bertz CT molecular complexity index is 365. The van der Waals surface area contributed by atoms with Gasteiger partial charge in [-0.2, -0.15) is 0 Å². The summed E-state index contributed by atoms with van der Waals surface area (Å²) in [6.07, 6.45) is 3.46. The number of methoxy groups -OCH3 is 2. The van der Waals surface area contributed by atoms with E-state index in [2.05, 4.69) is 23.5 Å². The molecule has 2 rings (SSSR count). The zero-order chi connectivity index (χ0) is 12.1. The van der Waals surface area contributed by atoms with Crippen LogP contribution in [0.3, 0.4) is 0 Å². The van der Waals surface area contributed by atoms with Gasteiger partial charge in [-0.1, -0.05) is 6.07 Å². The van der Waals surface area contributed by atoms with Crippen molar-refractivity contribution < 1.29 is 9.47 Å². The molecule has 1 N–H and O–H groups in total. The predicted octanol–water partition coefficient (Wildman–Crippen LogP) is 1.79. The maximum absolute atomic E-state index is 5.27. The molecule has 3 heteroatoms. The second-order valence-corrected chi connectivity index (χ2v) is 4.52. The lowest BCUT2D eigenvalue weighted by Gasteiger charge is -2.26. The molecule has 0 fully saturated rings. The van der Waals surface area contributed by atoms with Crippen LogP contribution in [0.4, 0.5) is 0 Å². The Hall–Kier alpha value is -1.06. The highest BCUT2D eigenvalue weighted by Crippen LogP contribution is 2.25. The summed E-state index contributed by atoms with van der Waals surface area (Å²) >= 11 is 0. The molecule has 3 nitrogen and oxygen atoms in total. The first-order valence-electron chi connectivity index (χ1n) is 6.21. The lowest BCUT2D eigenvalue weighted by molar-refractivity contribution is 0.194. The highest BCUT2D eigenvalue weighted by atomic mass is 16.5. The summed E-state index contributed by atoms with van der Waals surface area (Å²) in [6.45, 7) is 1.71. The smallest absolute Gasteiger partial charge is 0.119 e. The van der Waals surface area contributed by atoms with Crippen molar-refractivity contribution >= 4 is 0 Å². The highest BCUT2D eigenvalue weighted by Gasteiger charge is 2.18. The molecule has 0 spiro atoms. The van der Waals surface area contributed by atoms with Crippen molar-refractivity contribution in [3.05, 3.63) is 29.3 Å². The molecule has 1 aromatic rings. The van der Waals surface area contributed by atoms with E-state index in [1.165, 1.54) is 17.5 Å². The fourth-order valence-electron chi connectivity index (χ4n) is 2.40. The van der Waals surface area contributed by atoms with Crippen LogP contribution in [0.15, 0.2) is 18.2 Å². The third-order valence-electron chi connectivity index (χ3n) is 3.38. The van der Waals surface area contributed by atoms with Gasteiger partial charge >= 0.3 is 0 Å². The van der Waals surface area contributed by atoms with Gasteiger partial charge in [0.15, 0.2) is 0 Å². The van der Waals surface area contributed by atoms with Crippen LogP contribution >= 0.6 is 0 Å². The minimum Gasteiger partial charge on any atom is -0.497 e. The Kier molecular flexibility index (Phi) is 4.40. The number of ether oxygens (including phenoxy) is 2. The van der Waals surface area contributed by atoms with E-state index in [0.29, 0.717) is 6.04 Å². The van der Waals surface area contributed by atoms with Crippen molar-refractivity contribution in [3.63, 3.8) is 0 Å². The molecular formula is C14H21NO2. The van der Waals surface area contributed by atoms with Crippen LogP contribution in [0.5, 0.6) is 5.75 Å². The summed E-state index contributed by atoms with van der Waals surface area (Å²) in [5.74, 6) is 0.960. The topological polar surface area (TPSA) is 30.5 Å². The summed E-state index contributed by atoms with van der Waals surface area (Å²) in [4.78, 5) is 0. The van der Waals surface area contributed by atoms with Gasteiger partial charge in [0.05, 0.1) is 13.7 Å². The van der Waals surface area contributed by atoms with E-state index in [1.807, 2.05) is 0 Å². The second-order valence-electron chi connectivity index (χ2n) is 4.52. The van der Waals surface area contributed by atoms with E-state index < -0.39 is 0 Å². The standard InChI is InChI=1S/C14H21NO2/c1-16-8-7-15-13-5-3-11-4-6-14(17-2)10-12(11)9-13/h4,6,10,13,15H,3,5,7-9H2,1-2H3. The molecule has 0 amide bonds. The second kappa shape index (κ2) is 6.03. The zero-order valence-electron chi connectivity index (χ0n) is 10.7. The van der Waals surface area contributed by atoms with Gasteiger partial charge < -0.3 is 14.8 Å². The van der Waals surface area contributed by atoms with Crippen molar-refractivity contribution in [2.45, 2.75) is 25.3 Å². The van der Waals surface area contributed by atoms with Crippen molar-refractivity contribution in [3.8, 4) is 5.75 Å². The summed E-state index contributed by atoms with van der Waals surface area (Å²) in [5.41, 5.74) is 2.89. The normalized spacial score (nSPS) is 18.8. The Morgan fingerprint density at radius 3 is 2.94 bits per heavy atom. The van der Waals surface area contributed by atoms with Crippen molar-refractivity contribution in [2.75, 3.05) is 27.4 Å². The van der Waals surface area contributed by atoms with Gasteiger partial charge in [-0.25, -0.2) is 0 Å². The largest absolute Gasteiger partial charge is 0.497 e. The molecule has 0 radical (unpaired) electrons. The first kappa shape index (κ1) is 12.4. The molecule has 1 aliphatic carbocycles. The van der Waals surface area contributed by atoms with Crippen LogP contribution in [0.2, 0.25) is 0 Å². The Labute approximate surface area is 103 Å². The lowest BCUT2D eigenvalue weighted by Crippen LogP contribution is -2.36. The molecule has 1 aliphatic rings. The van der Waals surface area contributed by atoms with Gasteiger partial charge in [0, 0.05) is 19.7 Å². The van der Waals surface area contributed by atoms with E-state index in [1.54, 1.807) is 14.2 Å². The lowest BCUT2D eigenvalue weighted by atomic mass is 9.88. The Balaban J connectivity index is 1.96. The van der Waals surface area contributed by atoms with E-state index in [-0.39, 0.29) is 0 Å². The Morgan fingerprint density at radius 1 is 1.29 bits per heavy atom. The van der Waals surface area contributed by atoms with E-state index >= 15 is 0 Å². The average Bonchev–Trinajstić information content (AvgIpc) is 2.38. The van der Waals surface area contributed by atoms with Gasteiger partial charge in [0.2, 0.25) is 0 Å². The van der Waals surface area contributed by atoms with E-state index in [0.717, 1.165) is 31.7 Å². The molecule has 94 valence electrons. The fourth-order valence-corrected chi connectivity index (χ4v) is 2.40. The summed E-state index contributed by atoms with van der Waals surface area (Å²) < 4.78 is 10.3. The van der Waals surface area contributed by atoms with Gasteiger partial charge in [0.1, 0.15) is 5.75 Å². The summed E-state index contributed by atoms with van der Waals surface area (Å²) in [7, 11) is 3.46. The highest BCUT2D eigenvalue weighted by molar-refractivity contribution is 5.37. The zero-order valence-corrected chi connectivity index (χ0v) is 10.7. The molecule has 0 saturated heterocycles. The number of rotatable bonds is 5. The molecule has 0 saturated carbocycles. The number of hydrogen-bond donors (Lipinski definition) is 1. The van der Waals surface area contributed by atoms with Crippen LogP contribution in [0.1, 0.15) is 17.5 Å².